The van der Waals surface area contributed by atoms with E-state index in [0.29, 0.717) is 9.00 Å². The van der Waals surface area contributed by atoms with E-state index in [1.807, 2.05) is 0 Å². The van der Waals surface area contributed by atoms with E-state index in [-0.39, 0.29) is 0 Å². The molecule has 13 heavy (non-hydrogen) atoms. The van der Waals surface area contributed by atoms with E-state index in [0.717, 1.165) is 0 Å². The molecule has 0 amide bonds. The van der Waals surface area contributed by atoms with Crippen molar-refractivity contribution in [3.8, 4) is 0 Å². The molecule has 74 valence electrons. The van der Waals surface area contributed by atoms with Crippen molar-refractivity contribution < 1.29 is 0 Å². The van der Waals surface area contributed by atoms with Crippen LogP contribution in [0.1, 0.15) is 0 Å². The first-order valence-corrected chi connectivity index (χ1v) is 13.8. The zero-order chi connectivity index (χ0) is 10.3. The summed E-state index contributed by atoms with van der Waals surface area (Å²) in [6, 6.07) is -2.19. The smallest absolute Gasteiger partial charge is 0.147 e. The molecule has 0 radical (unpaired) electrons. The van der Waals surface area contributed by atoms with Crippen LogP contribution in [-0.2, 0) is 0 Å². The quantitative estimate of drug-likeness (QED) is 0.566. The van der Waals surface area contributed by atoms with Crippen LogP contribution in [0.3, 0.4) is 0 Å². The third kappa shape index (κ3) is 3.74. The van der Waals surface area contributed by atoms with Crippen molar-refractivity contribution in [3.05, 3.63) is 12.1 Å². The van der Waals surface area contributed by atoms with Gasteiger partial charge in [-0.3, -0.25) is 0 Å². The first kappa shape index (κ1) is 12.9. The van der Waals surface area contributed by atoms with Crippen molar-refractivity contribution in [1.82, 2.24) is 0 Å². The Balaban J connectivity index is 3.01. The minimum atomic E-state index is -2.81. The Morgan fingerprint density at radius 2 is 1.08 bits per heavy atom. The Bertz CT molecular complexity index is 270. The van der Waals surface area contributed by atoms with Gasteiger partial charge < -0.3 is 0 Å². The summed E-state index contributed by atoms with van der Waals surface area (Å²) >= 11 is 36.0. The second-order valence-corrected chi connectivity index (χ2v) is 20.7. The first-order chi connectivity index (χ1) is 5.71. The lowest BCUT2D eigenvalue weighted by Crippen LogP contribution is -2.30. The number of rotatable bonds is 2. The van der Waals surface area contributed by atoms with E-state index >= 15 is 0 Å². The van der Waals surface area contributed by atoms with Gasteiger partial charge in [-0.2, -0.15) is 0 Å². The second-order valence-electron chi connectivity index (χ2n) is 2.16. The normalized spacial score (nSPS) is 13.4. The van der Waals surface area contributed by atoms with Crippen LogP contribution in [0.5, 0.6) is 0 Å². The fourth-order valence-corrected chi connectivity index (χ4v) is 6.81. The largest absolute Gasteiger partial charge is 0.383 e. The van der Waals surface area contributed by atoms with Crippen molar-refractivity contribution >= 4 is 98.8 Å². The van der Waals surface area contributed by atoms with Crippen molar-refractivity contribution in [2.45, 2.75) is 0 Å². The molecule has 0 saturated carbocycles. The van der Waals surface area contributed by atoms with Crippen LogP contribution >= 0.6 is 77.8 Å². The highest BCUT2D eigenvalue weighted by Gasteiger charge is 2.35. The maximum atomic E-state index is 5.79. The predicted molar refractivity (Wildman–Crippen MR) is 70.2 cm³/mol. The molecule has 0 aliphatic rings. The van der Waals surface area contributed by atoms with E-state index in [4.69, 9.17) is 66.5 Å². The standard InChI is InChI=1S/C4H2Cl6SSi2/c5-12(6,7)3-1-2-4(11-3)13(8,9)10/h1-2H. The van der Waals surface area contributed by atoms with Gasteiger partial charge in [0.2, 0.25) is 0 Å². The molecule has 0 aliphatic carbocycles. The summed E-state index contributed by atoms with van der Waals surface area (Å²) in [4.78, 5) is 0. The number of hydrogen-bond donors (Lipinski definition) is 0. The van der Waals surface area contributed by atoms with Gasteiger partial charge in [-0.15, -0.1) is 77.8 Å². The highest BCUT2D eigenvalue weighted by Crippen LogP contribution is 2.25. The van der Waals surface area contributed by atoms with Gasteiger partial charge in [0.15, 0.2) is 0 Å². The molecular weight excluding hydrogens is 349 g/mol. The Kier molecular flexibility index (Phi) is 4.37. The lowest BCUT2D eigenvalue weighted by molar-refractivity contribution is 2.11. The molecule has 9 heteroatoms. The van der Waals surface area contributed by atoms with Crippen molar-refractivity contribution in [1.29, 1.82) is 0 Å². The molecule has 0 aromatic carbocycles. The van der Waals surface area contributed by atoms with Gasteiger partial charge in [0.1, 0.15) is 0 Å². The molecule has 0 saturated heterocycles. The van der Waals surface area contributed by atoms with Crippen LogP contribution in [0.25, 0.3) is 0 Å². The van der Waals surface area contributed by atoms with Gasteiger partial charge >= 0.3 is 12.0 Å². The summed E-state index contributed by atoms with van der Waals surface area (Å²) in [5.74, 6) is 0. The number of hydrogen-bond acceptors (Lipinski definition) is 1. The van der Waals surface area contributed by atoms with Gasteiger partial charge in [-0.25, -0.2) is 0 Å². The van der Waals surface area contributed by atoms with Gasteiger partial charge in [-0.05, 0) is 12.1 Å². The fraction of sp³-hybridized carbons (Fsp3) is 0. The topological polar surface area (TPSA) is 0 Å². The van der Waals surface area contributed by atoms with Gasteiger partial charge in [0.05, 0.1) is 0 Å². The van der Waals surface area contributed by atoms with Crippen LogP contribution in [0.15, 0.2) is 12.1 Å². The number of halogens is 6. The molecule has 0 bridgehead atoms. The molecule has 0 aliphatic heterocycles. The minimum Gasteiger partial charge on any atom is -0.147 e. The lowest BCUT2D eigenvalue weighted by atomic mass is 10.7. The predicted octanol–water partition coefficient (Wildman–Crippen LogP) is 3.47. The molecule has 0 nitrogen and oxygen atoms in total. The molecule has 1 aromatic rings. The lowest BCUT2D eigenvalue weighted by Gasteiger charge is -2.05. The van der Waals surface area contributed by atoms with E-state index in [1.165, 1.54) is 11.3 Å². The zero-order valence-electron chi connectivity index (χ0n) is 5.83. The summed E-state index contributed by atoms with van der Waals surface area (Å²) in [7, 11) is 0. The third-order valence-electron chi connectivity index (χ3n) is 1.16. The molecule has 0 atom stereocenters. The van der Waals surface area contributed by atoms with E-state index < -0.39 is 12.0 Å². The van der Waals surface area contributed by atoms with Crippen LogP contribution < -0.4 is 9.00 Å². The summed E-state index contributed by atoms with van der Waals surface area (Å²) in [5, 5.41) is 0. The molecule has 1 rings (SSSR count). The summed E-state index contributed by atoms with van der Waals surface area (Å²) in [5.41, 5.74) is 0. The monoisotopic (exact) mass is 348 g/mol. The Morgan fingerprint density at radius 1 is 0.769 bits per heavy atom. The van der Waals surface area contributed by atoms with Crippen molar-refractivity contribution in [2.75, 3.05) is 0 Å². The van der Waals surface area contributed by atoms with E-state index in [1.54, 1.807) is 12.1 Å². The van der Waals surface area contributed by atoms with Crippen molar-refractivity contribution in [2.24, 2.45) is 0 Å². The highest BCUT2D eigenvalue weighted by atomic mass is 35.8. The molecule has 0 spiro atoms. The molecule has 1 heterocycles. The third-order valence-corrected chi connectivity index (χ3v) is 11.5. The zero-order valence-corrected chi connectivity index (χ0v) is 13.2. The van der Waals surface area contributed by atoms with Crippen LogP contribution in [-0.4, -0.2) is 12.0 Å². The van der Waals surface area contributed by atoms with Crippen molar-refractivity contribution in [3.63, 3.8) is 0 Å². The highest BCUT2D eigenvalue weighted by molar-refractivity contribution is 7.77. The van der Waals surface area contributed by atoms with Crippen LogP contribution in [0.4, 0.5) is 0 Å². The average Bonchev–Trinajstić information content (AvgIpc) is 2.28. The van der Waals surface area contributed by atoms with Gasteiger partial charge in [0.25, 0.3) is 0 Å². The molecular formula is C4H2Cl6SSi2. The van der Waals surface area contributed by atoms with E-state index in [2.05, 4.69) is 0 Å². The first-order valence-electron chi connectivity index (χ1n) is 2.95. The fourth-order valence-electron chi connectivity index (χ4n) is 0.643. The van der Waals surface area contributed by atoms with E-state index in [9.17, 15) is 0 Å². The minimum absolute atomic E-state index is 0.700. The summed E-state index contributed by atoms with van der Waals surface area (Å²) in [6.07, 6.45) is 0. The number of thiophene rings is 1. The Morgan fingerprint density at radius 3 is 1.23 bits per heavy atom. The summed E-state index contributed by atoms with van der Waals surface area (Å²) < 4.78 is 1.40. The Labute approximate surface area is 110 Å². The SMILES string of the molecule is Cl[Si](Cl)(Cl)c1ccc([Si](Cl)(Cl)Cl)s1. The summed E-state index contributed by atoms with van der Waals surface area (Å²) in [6.45, 7) is 0. The van der Waals surface area contributed by atoms with Crippen LogP contribution in [0.2, 0.25) is 0 Å². The van der Waals surface area contributed by atoms with Gasteiger partial charge in [-0.1, -0.05) is 0 Å². The molecule has 0 fully saturated rings. The van der Waals surface area contributed by atoms with Crippen LogP contribution in [0, 0.1) is 0 Å². The second kappa shape index (κ2) is 4.39. The molecule has 1 aromatic heterocycles. The molecule has 0 N–H and O–H groups in total. The average molecular weight is 351 g/mol. The molecule has 0 unspecified atom stereocenters. The maximum Gasteiger partial charge on any atom is 0.383 e. The Hall–Kier alpha value is 1.87. The maximum absolute atomic E-state index is 5.79. The van der Waals surface area contributed by atoms with Gasteiger partial charge in [0, 0.05) is 9.00 Å².